The monoisotopic (exact) mass is 321 g/mol. The average molecular weight is 321 g/mol. The summed E-state index contributed by atoms with van der Waals surface area (Å²) in [5.41, 5.74) is 2.78. The number of hydrogen-bond acceptors (Lipinski definition) is 4. The number of aromatic nitrogens is 1. The number of amides is 1. The molecule has 1 atom stereocenters. The topological polar surface area (TPSA) is 45.6 Å². The number of thiophene rings is 1. The van der Waals surface area contributed by atoms with Crippen molar-refractivity contribution in [2.45, 2.75) is 19.4 Å². The highest BCUT2D eigenvalue weighted by molar-refractivity contribution is 7.12. The number of pyridine rings is 1. The van der Waals surface area contributed by atoms with Gasteiger partial charge in [0.1, 0.15) is 6.04 Å². The van der Waals surface area contributed by atoms with Crippen LogP contribution in [0.5, 0.6) is 0 Å². The second-order valence-electron chi connectivity index (χ2n) is 5.54. The maximum atomic E-state index is 12.0. The zero-order valence-electron chi connectivity index (χ0n) is 12.6. The molecule has 114 valence electrons. The maximum Gasteiger partial charge on any atom is 0.240 e. The molecule has 0 bridgehead atoms. The van der Waals surface area contributed by atoms with Gasteiger partial charge in [-0.05, 0) is 23.6 Å². The van der Waals surface area contributed by atoms with Gasteiger partial charge in [0.15, 0.2) is 0 Å². The number of para-hydroxylation sites is 1. The van der Waals surface area contributed by atoms with Gasteiger partial charge in [-0.1, -0.05) is 30.3 Å². The van der Waals surface area contributed by atoms with E-state index in [0.29, 0.717) is 6.42 Å². The summed E-state index contributed by atoms with van der Waals surface area (Å²) in [6.45, 7) is 1.55. The lowest BCUT2D eigenvalue weighted by molar-refractivity contribution is -0.130. The molecule has 3 aromatic rings. The van der Waals surface area contributed by atoms with Crippen LogP contribution in [0.15, 0.2) is 59.0 Å². The lowest BCUT2D eigenvalue weighted by Gasteiger charge is -2.19. The molecule has 3 heterocycles. The Bertz CT molecular complexity index is 902. The third kappa shape index (κ3) is 2.53. The molecule has 1 aliphatic heterocycles. The van der Waals surface area contributed by atoms with Crippen molar-refractivity contribution >= 4 is 33.9 Å². The Balaban J connectivity index is 1.73. The van der Waals surface area contributed by atoms with Gasteiger partial charge in [-0.15, -0.1) is 11.3 Å². The zero-order chi connectivity index (χ0) is 15.8. The molecule has 0 fully saturated rings. The van der Waals surface area contributed by atoms with Crippen LogP contribution in [-0.4, -0.2) is 21.6 Å². The molecule has 4 rings (SSSR count). The Morgan fingerprint density at radius 2 is 2.04 bits per heavy atom. The van der Waals surface area contributed by atoms with Crippen LogP contribution in [0.3, 0.4) is 0 Å². The van der Waals surface area contributed by atoms with E-state index in [1.54, 1.807) is 23.3 Å². The van der Waals surface area contributed by atoms with E-state index >= 15 is 0 Å². The first-order chi connectivity index (χ1) is 11.2. The van der Waals surface area contributed by atoms with Crippen molar-refractivity contribution in [2.75, 3.05) is 0 Å². The predicted molar refractivity (Wildman–Crippen MR) is 92.5 cm³/mol. The molecule has 5 heteroatoms. The van der Waals surface area contributed by atoms with E-state index in [9.17, 15) is 4.79 Å². The summed E-state index contributed by atoms with van der Waals surface area (Å²) in [5.74, 6) is -0.0588. The number of carbonyl (C=O) groups is 1. The summed E-state index contributed by atoms with van der Waals surface area (Å²) in [7, 11) is 0. The van der Waals surface area contributed by atoms with Crippen molar-refractivity contribution in [2.24, 2.45) is 5.10 Å². The quantitative estimate of drug-likeness (QED) is 0.716. The molecule has 1 aliphatic rings. The van der Waals surface area contributed by atoms with E-state index in [0.717, 1.165) is 27.2 Å². The Morgan fingerprint density at radius 1 is 1.17 bits per heavy atom. The summed E-state index contributed by atoms with van der Waals surface area (Å²) >= 11 is 1.64. The minimum Gasteiger partial charge on any atom is -0.273 e. The average Bonchev–Trinajstić information content (AvgIpc) is 3.23. The highest BCUT2D eigenvalue weighted by atomic mass is 32.1. The van der Waals surface area contributed by atoms with Crippen molar-refractivity contribution in [1.82, 2.24) is 9.99 Å². The molecule has 0 N–H and O–H groups in total. The van der Waals surface area contributed by atoms with Crippen LogP contribution in [0, 0.1) is 0 Å². The second-order valence-corrected chi connectivity index (χ2v) is 6.48. The van der Waals surface area contributed by atoms with Crippen LogP contribution in [0.4, 0.5) is 0 Å². The minimum absolute atomic E-state index is 0.0588. The Labute approximate surface area is 138 Å². The molecule has 0 aliphatic carbocycles. The maximum absolute atomic E-state index is 12.0. The van der Waals surface area contributed by atoms with Crippen molar-refractivity contribution in [3.63, 3.8) is 0 Å². The normalized spacial score (nSPS) is 17.5. The van der Waals surface area contributed by atoms with Crippen LogP contribution >= 0.6 is 11.3 Å². The fourth-order valence-electron chi connectivity index (χ4n) is 2.89. The van der Waals surface area contributed by atoms with E-state index in [4.69, 9.17) is 4.98 Å². The Hall–Kier alpha value is -2.53. The number of hydrazone groups is 1. The molecule has 0 saturated heterocycles. The van der Waals surface area contributed by atoms with Gasteiger partial charge in [-0.3, -0.25) is 9.78 Å². The van der Waals surface area contributed by atoms with E-state index in [1.165, 1.54) is 0 Å². The number of benzene rings is 1. The van der Waals surface area contributed by atoms with E-state index in [1.807, 2.05) is 47.8 Å². The van der Waals surface area contributed by atoms with Crippen LogP contribution < -0.4 is 0 Å². The first-order valence-electron chi connectivity index (χ1n) is 7.49. The van der Waals surface area contributed by atoms with E-state index in [-0.39, 0.29) is 11.9 Å². The summed E-state index contributed by atoms with van der Waals surface area (Å²) in [5, 5.41) is 9.23. The zero-order valence-corrected chi connectivity index (χ0v) is 13.5. The van der Waals surface area contributed by atoms with Crippen molar-refractivity contribution in [3.05, 3.63) is 64.5 Å². The molecule has 0 unspecified atom stereocenters. The van der Waals surface area contributed by atoms with Crippen LogP contribution in [0.2, 0.25) is 0 Å². The van der Waals surface area contributed by atoms with Gasteiger partial charge in [0.2, 0.25) is 5.91 Å². The molecule has 0 saturated carbocycles. The Kier molecular flexibility index (Phi) is 3.42. The highest BCUT2D eigenvalue weighted by Crippen LogP contribution is 2.33. The van der Waals surface area contributed by atoms with Crippen LogP contribution in [-0.2, 0) is 4.79 Å². The third-order valence-corrected chi connectivity index (χ3v) is 4.92. The number of hydrogen-bond donors (Lipinski definition) is 0. The molecule has 0 radical (unpaired) electrons. The third-order valence-electron chi connectivity index (χ3n) is 4.00. The second kappa shape index (κ2) is 5.59. The summed E-state index contributed by atoms with van der Waals surface area (Å²) in [4.78, 5) is 17.9. The SMILES string of the molecule is CC(=O)N1N=C(c2cccs2)C[C@H]1c1ccc2ccccc2n1. The molecule has 0 spiro atoms. The number of carbonyl (C=O) groups excluding carboxylic acids is 1. The summed E-state index contributed by atoms with van der Waals surface area (Å²) < 4.78 is 0. The molecular weight excluding hydrogens is 306 g/mol. The van der Waals surface area contributed by atoms with Gasteiger partial charge in [0.25, 0.3) is 0 Å². The summed E-state index contributed by atoms with van der Waals surface area (Å²) in [6.07, 6.45) is 0.700. The van der Waals surface area contributed by atoms with Crippen molar-refractivity contribution in [1.29, 1.82) is 0 Å². The number of fused-ring (bicyclic) bond motifs is 1. The lowest BCUT2D eigenvalue weighted by atomic mass is 10.0. The molecule has 4 nitrogen and oxygen atoms in total. The summed E-state index contributed by atoms with van der Waals surface area (Å²) in [6, 6.07) is 16.0. The van der Waals surface area contributed by atoms with Gasteiger partial charge in [0, 0.05) is 18.7 Å². The fourth-order valence-corrected chi connectivity index (χ4v) is 3.61. The van der Waals surface area contributed by atoms with Gasteiger partial charge in [-0.25, -0.2) is 5.01 Å². The molecule has 23 heavy (non-hydrogen) atoms. The lowest BCUT2D eigenvalue weighted by Crippen LogP contribution is -2.25. The fraction of sp³-hybridized carbons (Fsp3) is 0.167. The van der Waals surface area contributed by atoms with Crippen LogP contribution in [0.1, 0.15) is 30.0 Å². The number of nitrogens with zero attached hydrogens (tertiary/aromatic N) is 3. The van der Waals surface area contributed by atoms with Gasteiger partial charge < -0.3 is 0 Å². The molecule has 1 aromatic carbocycles. The van der Waals surface area contributed by atoms with E-state index < -0.39 is 0 Å². The smallest absolute Gasteiger partial charge is 0.240 e. The van der Waals surface area contributed by atoms with Gasteiger partial charge >= 0.3 is 0 Å². The molecular formula is C18H15N3OS. The van der Waals surface area contributed by atoms with Crippen LogP contribution in [0.25, 0.3) is 10.9 Å². The highest BCUT2D eigenvalue weighted by Gasteiger charge is 2.32. The van der Waals surface area contributed by atoms with Crippen molar-refractivity contribution in [3.8, 4) is 0 Å². The Morgan fingerprint density at radius 3 is 2.83 bits per heavy atom. The number of rotatable bonds is 2. The predicted octanol–water partition coefficient (Wildman–Crippen LogP) is 3.99. The van der Waals surface area contributed by atoms with Crippen molar-refractivity contribution < 1.29 is 4.79 Å². The van der Waals surface area contributed by atoms with E-state index in [2.05, 4.69) is 11.2 Å². The van der Waals surface area contributed by atoms with Gasteiger partial charge in [0.05, 0.1) is 21.8 Å². The molecule has 2 aromatic heterocycles. The first kappa shape index (κ1) is 14.1. The minimum atomic E-state index is -0.130. The molecule has 1 amide bonds. The standard InChI is InChI=1S/C18H15N3OS/c1-12(22)21-17(11-16(20-21)18-7-4-10-23-18)15-9-8-13-5-2-3-6-14(13)19-15/h2-10,17H,11H2,1H3/t17-/m0/s1. The largest absolute Gasteiger partial charge is 0.273 e. The first-order valence-corrected chi connectivity index (χ1v) is 8.37. The van der Waals surface area contributed by atoms with Gasteiger partial charge in [-0.2, -0.15) is 5.10 Å².